The molecule has 1 aromatic carbocycles. The molecule has 3 heteroatoms. The van der Waals surface area contributed by atoms with E-state index in [9.17, 15) is 0 Å². The van der Waals surface area contributed by atoms with Crippen molar-refractivity contribution in [3.05, 3.63) is 42.7 Å². The normalized spacial score (nSPS) is 10.6. The van der Waals surface area contributed by atoms with E-state index in [2.05, 4.69) is 59.2 Å². The molecule has 0 aliphatic rings. The van der Waals surface area contributed by atoms with Crippen LogP contribution in [0.4, 0.5) is 0 Å². The SMILES string of the molecule is CCC[n+]1ccc2c(c1)[nH]c1ccccc12.[I-]. The molecule has 0 saturated heterocycles. The van der Waals surface area contributed by atoms with Crippen molar-refractivity contribution in [1.29, 1.82) is 0 Å². The second-order valence-corrected chi connectivity index (χ2v) is 4.18. The van der Waals surface area contributed by atoms with E-state index in [-0.39, 0.29) is 24.0 Å². The molecule has 0 aliphatic heterocycles. The quantitative estimate of drug-likeness (QED) is 0.502. The van der Waals surface area contributed by atoms with Crippen LogP contribution in [0.1, 0.15) is 13.3 Å². The summed E-state index contributed by atoms with van der Waals surface area (Å²) in [5.41, 5.74) is 2.43. The van der Waals surface area contributed by atoms with Gasteiger partial charge < -0.3 is 29.0 Å². The first-order valence-corrected chi connectivity index (χ1v) is 5.78. The van der Waals surface area contributed by atoms with E-state index >= 15 is 0 Å². The number of hydrogen-bond acceptors (Lipinski definition) is 0. The highest BCUT2D eigenvalue weighted by molar-refractivity contribution is 6.06. The number of fused-ring (bicyclic) bond motifs is 3. The molecule has 0 spiro atoms. The lowest BCUT2D eigenvalue weighted by molar-refractivity contribution is -0.695. The number of halogens is 1. The van der Waals surface area contributed by atoms with Crippen molar-refractivity contribution in [3.63, 3.8) is 0 Å². The van der Waals surface area contributed by atoms with Crippen LogP contribution in [-0.4, -0.2) is 4.98 Å². The number of pyridine rings is 1. The van der Waals surface area contributed by atoms with E-state index in [4.69, 9.17) is 0 Å². The fraction of sp³-hybridized carbons (Fsp3) is 0.214. The van der Waals surface area contributed by atoms with Crippen molar-refractivity contribution in [2.75, 3.05) is 0 Å². The number of aryl methyl sites for hydroxylation is 1. The fourth-order valence-electron chi connectivity index (χ4n) is 2.24. The zero-order valence-electron chi connectivity index (χ0n) is 9.78. The zero-order chi connectivity index (χ0) is 11.0. The third-order valence-corrected chi connectivity index (χ3v) is 2.99. The monoisotopic (exact) mass is 338 g/mol. The topological polar surface area (TPSA) is 19.7 Å². The van der Waals surface area contributed by atoms with E-state index in [1.54, 1.807) is 0 Å². The molecule has 2 aromatic heterocycles. The molecule has 0 aliphatic carbocycles. The van der Waals surface area contributed by atoms with Crippen molar-refractivity contribution < 1.29 is 28.5 Å². The molecule has 0 atom stereocenters. The Morgan fingerprint density at radius 2 is 1.82 bits per heavy atom. The Labute approximate surface area is 118 Å². The molecule has 0 fully saturated rings. The van der Waals surface area contributed by atoms with Gasteiger partial charge in [0.2, 0.25) is 0 Å². The van der Waals surface area contributed by atoms with Gasteiger partial charge in [0.15, 0.2) is 12.4 Å². The molecule has 17 heavy (non-hydrogen) atoms. The Hall–Kier alpha value is -1.10. The van der Waals surface area contributed by atoms with Crippen molar-refractivity contribution >= 4 is 21.8 Å². The summed E-state index contributed by atoms with van der Waals surface area (Å²) in [5.74, 6) is 0. The van der Waals surface area contributed by atoms with Crippen LogP contribution in [0.25, 0.3) is 21.8 Å². The number of benzene rings is 1. The lowest BCUT2D eigenvalue weighted by atomic mass is 10.2. The Morgan fingerprint density at radius 3 is 2.65 bits per heavy atom. The fourth-order valence-corrected chi connectivity index (χ4v) is 2.24. The first-order valence-electron chi connectivity index (χ1n) is 5.78. The summed E-state index contributed by atoms with van der Waals surface area (Å²) in [7, 11) is 0. The molecule has 3 rings (SSSR count). The van der Waals surface area contributed by atoms with Crippen LogP contribution < -0.4 is 28.5 Å². The molecular weight excluding hydrogens is 323 g/mol. The van der Waals surface area contributed by atoms with Gasteiger partial charge in [0, 0.05) is 28.8 Å². The number of nitrogens with one attached hydrogen (secondary N) is 1. The molecule has 1 N–H and O–H groups in total. The molecule has 0 unspecified atom stereocenters. The van der Waals surface area contributed by atoms with Gasteiger partial charge in [-0.25, -0.2) is 4.57 Å². The van der Waals surface area contributed by atoms with Gasteiger partial charge in [-0.1, -0.05) is 25.1 Å². The largest absolute Gasteiger partial charge is 1.00 e. The Kier molecular flexibility index (Phi) is 3.66. The predicted octanol–water partition coefficient (Wildman–Crippen LogP) is 0.0226. The van der Waals surface area contributed by atoms with E-state index in [1.165, 1.54) is 21.8 Å². The average Bonchev–Trinajstić information content (AvgIpc) is 2.67. The van der Waals surface area contributed by atoms with E-state index in [0.29, 0.717) is 0 Å². The maximum Gasteiger partial charge on any atom is 0.193 e. The summed E-state index contributed by atoms with van der Waals surface area (Å²) in [6.07, 6.45) is 5.52. The zero-order valence-corrected chi connectivity index (χ0v) is 11.9. The molecular formula is C14H15IN2. The van der Waals surface area contributed by atoms with Gasteiger partial charge >= 0.3 is 0 Å². The Bertz CT molecular complexity index is 643. The first kappa shape index (κ1) is 12.4. The molecule has 3 aromatic rings. The highest BCUT2D eigenvalue weighted by Crippen LogP contribution is 2.23. The van der Waals surface area contributed by atoms with Crippen LogP contribution in [0.2, 0.25) is 0 Å². The minimum Gasteiger partial charge on any atom is -1.00 e. The lowest BCUT2D eigenvalue weighted by Gasteiger charge is -1.93. The second kappa shape index (κ2) is 5.04. The van der Waals surface area contributed by atoms with Crippen molar-refractivity contribution in [2.45, 2.75) is 19.9 Å². The molecule has 0 radical (unpaired) electrons. The summed E-state index contributed by atoms with van der Waals surface area (Å²) < 4.78 is 2.23. The van der Waals surface area contributed by atoms with Gasteiger partial charge in [0.25, 0.3) is 0 Å². The van der Waals surface area contributed by atoms with Crippen LogP contribution in [0, 0.1) is 0 Å². The lowest BCUT2D eigenvalue weighted by Crippen LogP contribution is -3.00. The molecule has 0 bridgehead atoms. The number of H-pyrrole nitrogens is 1. The number of para-hydroxylation sites is 1. The number of rotatable bonds is 2. The minimum absolute atomic E-state index is 0. The van der Waals surface area contributed by atoms with Gasteiger partial charge in [-0.2, -0.15) is 0 Å². The molecule has 2 nitrogen and oxygen atoms in total. The van der Waals surface area contributed by atoms with Crippen LogP contribution >= 0.6 is 0 Å². The minimum atomic E-state index is 0. The maximum atomic E-state index is 3.46. The number of aromatic amines is 1. The highest BCUT2D eigenvalue weighted by Gasteiger charge is 2.07. The van der Waals surface area contributed by atoms with Crippen LogP contribution in [-0.2, 0) is 6.54 Å². The number of nitrogens with zero attached hydrogens (tertiary/aromatic N) is 1. The van der Waals surface area contributed by atoms with Gasteiger partial charge in [0.05, 0.1) is 0 Å². The van der Waals surface area contributed by atoms with Crippen molar-refractivity contribution in [2.24, 2.45) is 0 Å². The third kappa shape index (κ3) is 2.16. The van der Waals surface area contributed by atoms with Crippen molar-refractivity contribution in [1.82, 2.24) is 4.98 Å². The smallest absolute Gasteiger partial charge is 0.193 e. The standard InChI is InChI=1S/C14H14N2.HI/c1-2-8-16-9-7-12-11-5-3-4-6-13(11)15-14(12)10-16;/h3-7,9-10H,2,8H2,1H3;1H. The molecule has 88 valence electrons. The third-order valence-electron chi connectivity index (χ3n) is 2.99. The van der Waals surface area contributed by atoms with Crippen LogP contribution in [0.3, 0.4) is 0 Å². The second-order valence-electron chi connectivity index (χ2n) is 4.18. The van der Waals surface area contributed by atoms with Gasteiger partial charge in [-0.05, 0) is 6.07 Å². The van der Waals surface area contributed by atoms with E-state index in [1.807, 2.05) is 0 Å². The summed E-state index contributed by atoms with van der Waals surface area (Å²) in [5, 5.41) is 2.61. The maximum absolute atomic E-state index is 3.46. The number of aromatic nitrogens is 2. The van der Waals surface area contributed by atoms with Crippen LogP contribution in [0.5, 0.6) is 0 Å². The predicted molar refractivity (Wildman–Crippen MR) is 66.3 cm³/mol. The summed E-state index contributed by atoms with van der Waals surface area (Å²) in [6, 6.07) is 10.6. The molecule has 0 saturated carbocycles. The van der Waals surface area contributed by atoms with Crippen molar-refractivity contribution in [3.8, 4) is 0 Å². The average molecular weight is 338 g/mol. The Balaban J connectivity index is 0.00000108. The summed E-state index contributed by atoms with van der Waals surface area (Å²) >= 11 is 0. The molecule has 2 heterocycles. The van der Waals surface area contributed by atoms with Gasteiger partial charge in [-0.3, -0.25) is 0 Å². The number of hydrogen-bond donors (Lipinski definition) is 1. The first-order chi connectivity index (χ1) is 7.88. The van der Waals surface area contributed by atoms with E-state index in [0.717, 1.165) is 13.0 Å². The van der Waals surface area contributed by atoms with E-state index < -0.39 is 0 Å². The summed E-state index contributed by atoms with van der Waals surface area (Å²) in [6.45, 7) is 3.27. The highest BCUT2D eigenvalue weighted by atomic mass is 127. The molecule has 0 amide bonds. The van der Waals surface area contributed by atoms with Gasteiger partial charge in [-0.15, -0.1) is 0 Å². The van der Waals surface area contributed by atoms with Gasteiger partial charge in [0.1, 0.15) is 12.1 Å². The Morgan fingerprint density at radius 1 is 1.06 bits per heavy atom. The summed E-state index contributed by atoms with van der Waals surface area (Å²) in [4.78, 5) is 3.46. The van der Waals surface area contributed by atoms with Crippen LogP contribution in [0.15, 0.2) is 42.7 Å².